The Bertz CT molecular complexity index is 561. The summed E-state index contributed by atoms with van der Waals surface area (Å²) in [6.07, 6.45) is 1.10. The zero-order valence-electron chi connectivity index (χ0n) is 14.6. The topological polar surface area (TPSA) is 44.5 Å². The summed E-state index contributed by atoms with van der Waals surface area (Å²) in [6.45, 7) is 2.88. The lowest BCUT2D eigenvalue weighted by Crippen LogP contribution is -2.18. The summed E-state index contributed by atoms with van der Waals surface area (Å²) in [5.74, 6) is 1.15. The lowest BCUT2D eigenvalue weighted by atomic mass is 9.92. The van der Waals surface area contributed by atoms with Crippen molar-refractivity contribution >= 4 is 34.8 Å². The second kappa shape index (κ2) is 10.8. The van der Waals surface area contributed by atoms with Crippen LogP contribution in [0.2, 0.25) is 0 Å². The van der Waals surface area contributed by atoms with E-state index in [2.05, 4.69) is 6.92 Å². The molecule has 2 aromatic rings. The first-order valence-corrected chi connectivity index (χ1v) is 9.05. The average molecular weight is 405 g/mol. The van der Waals surface area contributed by atoms with Gasteiger partial charge in [0, 0.05) is 0 Å². The highest BCUT2D eigenvalue weighted by molar-refractivity contribution is 6.68. The van der Waals surface area contributed by atoms with Crippen molar-refractivity contribution in [1.29, 1.82) is 0 Å². The van der Waals surface area contributed by atoms with Gasteiger partial charge in [0.05, 0.1) is 20.1 Å². The van der Waals surface area contributed by atoms with E-state index in [1.165, 1.54) is 0 Å². The summed E-state index contributed by atoms with van der Waals surface area (Å²) >= 11 is 18.6. The molecule has 6 heteroatoms. The average Bonchev–Trinajstić information content (AvgIpc) is 2.62. The Morgan fingerprint density at radius 3 is 1.36 bits per heavy atom. The minimum Gasteiger partial charge on any atom is -0.497 e. The Morgan fingerprint density at radius 1 is 0.840 bits per heavy atom. The number of hydrogen-bond acceptors (Lipinski definition) is 3. The maximum absolute atomic E-state index is 6.18. The highest BCUT2D eigenvalue weighted by Gasteiger charge is 2.35. The first kappa shape index (κ1) is 21.9. The summed E-state index contributed by atoms with van der Waals surface area (Å²) in [5, 5.41) is 0. The van der Waals surface area contributed by atoms with Crippen LogP contribution in [-0.4, -0.2) is 24.6 Å². The normalized spacial score (nSPS) is 10.9. The van der Waals surface area contributed by atoms with Gasteiger partial charge in [0.2, 0.25) is 3.79 Å². The summed E-state index contributed by atoms with van der Waals surface area (Å²) in [4.78, 5) is 0. The quantitative estimate of drug-likeness (QED) is 0.663. The first-order chi connectivity index (χ1) is 11.9. The third kappa shape index (κ3) is 6.95. The maximum Gasteiger partial charge on any atom is 0.201 e. The summed E-state index contributed by atoms with van der Waals surface area (Å²) in [7, 11) is 3.23. The van der Waals surface area contributed by atoms with E-state index >= 15 is 0 Å². The Labute approximate surface area is 165 Å². The molecule has 0 heterocycles. The van der Waals surface area contributed by atoms with Crippen LogP contribution < -0.4 is 15.2 Å². The van der Waals surface area contributed by atoms with Crippen LogP contribution in [0, 0.1) is 0 Å². The molecule has 0 saturated heterocycles. The van der Waals surface area contributed by atoms with Crippen LogP contribution in [0.25, 0.3) is 0 Å². The zero-order valence-corrected chi connectivity index (χ0v) is 16.9. The van der Waals surface area contributed by atoms with Gasteiger partial charge >= 0.3 is 0 Å². The van der Waals surface area contributed by atoms with E-state index in [1.54, 1.807) is 14.2 Å². The first-order valence-electron chi connectivity index (χ1n) is 7.92. The molecule has 0 unspecified atom stereocenters. The fourth-order valence-electron chi connectivity index (χ4n) is 2.16. The lowest BCUT2D eigenvalue weighted by Gasteiger charge is -2.25. The smallest absolute Gasteiger partial charge is 0.201 e. The third-order valence-electron chi connectivity index (χ3n) is 3.51. The molecule has 138 valence electrons. The van der Waals surface area contributed by atoms with Gasteiger partial charge in [0.25, 0.3) is 0 Å². The van der Waals surface area contributed by atoms with Gasteiger partial charge in [-0.05, 0) is 48.4 Å². The highest BCUT2D eigenvalue weighted by atomic mass is 35.6. The standard InChI is InChI=1S/C16H15Cl3O2.C3H9N/c1-20-13-7-3-11(4-8-13)15(16(17,18)19)12-5-9-14(21-2)10-6-12;1-2-3-4/h3-10,15H,1-2H3;2-4H2,1H3. The van der Waals surface area contributed by atoms with Crippen molar-refractivity contribution in [3.63, 3.8) is 0 Å². The van der Waals surface area contributed by atoms with Gasteiger partial charge in [-0.15, -0.1) is 0 Å². The molecule has 0 radical (unpaired) electrons. The van der Waals surface area contributed by atoms with Crippen molar-refractivity contribution in [2.45, 2.75) is 23.1 Å². The molecular weight excluding hydrogens is 381 g/mol. The maximum atomic E-state index is 6.18. The molecule has 0 amide bonds. The molecule has 0 spiro atoms. The molecule has 2 aromatic carbocycles. The number of hydrogen-bond donors (Lipinski definition) is 1. The minimum absolute atomic E-state index is 0.376. The van der Waals surface area contributed by atoms with Crippen molar-refractivity contribution in [3.8, 4) is 11.5 Å². The predicted molar refractivity (Wildman–Crippen MR) is 107 cm³/mol. The molecule has 0 fully saturated rings. The summed E-state index contributed by atoms with van der Waals surface area (Å²) in [5.41, 5.74) is 6.84. The summed E-state index contributed by atoms with van der Waals surface area (Å²) < 4.78 is 8.85. The van der Waals surface area contributed by atoms with E-state index in [-0.39, 0.29) is 5.92 Å². The van der Waals surface area contributed by atoms with Gasteiger partial charge < -0.3 is 15.2 Å². The molecule has 2 N–H and O–H groups in total. The van der Waals surface area contributed by atoms with Gasteiger partial charge in [-0.1, -0.05) is 66.0 Å². The molecule has 0 aromatic heterocycles. The van der Waals surface area contributed by atoms with Crippen LogP contribution in [0.1, 0.15) is 30.4 Å². The Kier molecular flexibility index (Phi) is 9.44. The van der Waals surface area contributed by atoms with Gasteiger partial charge in [0.15, 0.2) is 0 Å². The molecule has 0 aliphatic carbocycles. The van der Waals surface area contributed by atoms with Gasteiger partial charge in [-0.25, -0.2) is 0 Å². The van der Waals surface area contributed by atoms with Crippen molar-refractivity contribution in [2.75, 3.05) is 20.8 Å². The molecule has 0 aliphatic rings. The molecule has 0 bridgehead atoms. The van der Waals surface area contributed by atoms with E-state index in [0.29, 0.717) is 0 Å². The number of ether oxygens (including phenoxy) is 2. The van der Waals surface area contributed by atoms with Gasteiger partial charge in [-0.3, -0.25) is 0 Å². The lowest BCUT2D eigenvalue weighted by molar-refractivity contribution is 0.414. The molecule has 2 rings (SSSR count). The van der Waals surface area contributed by atoms with Crippen LogP contribution >= 0.6 is 34.8 Å². The molecule has 0 saturated carbocycles. The van der Waals surface area contributed by atoms with Crippen LogP contribution in [0.15, 0.2) is 48.5 Å². The van der Waals surface area contributed by atoms with Crippen LogP contribution in [0.5, 0.6) is 11.5 Å². The predicted octanol–water partition coefficient (Wildman–Crippen LogP) is 5.56. The molecular formula is C19H24Cl3NO2. The second-order valence-electron chi connectivity index (χ2n) is 5.31. The SMILES string of the molecule is CCCN.COc1ccc(C(c2ccc(OC)cc2)C(Cl)(Cl)Cl)cc1. The van der Waals surface area contributed by atoms with E-state index < -0.39 is 3.79 Å². The Morgan fingerprint density at radius 2 is 1.16 bits per heavy atom. The second-order valence-corrected chi connectivity index (χ2v) is 7.68. The molecule has 25 heavy (non-hydrogen) atoms. The Balaban J connectivity index is 0.000000705. The largest absolute Gasteiger partial charge is 0.497 e. The molecule has 3 nitrogen and oxygen atoms in total. The van der Waals surface area contributed by atoms with Crippen molar-refractivity contribution in [3.05, 3.63) is 59.7 Å². The fourth-order valence-corrected chi connectivity index (χ4v) is 2.92. The van der Waals surface area contributed by atoms with E-state index in [4.69, 9.17) is 50.0 Å². The van der Waals surface area contributed by atoms with E-state index in [9.17, 15) is 0 Å². The van der Waals surface area contributed by atoms with Gasteiger partial charge in [-0.2, -0.15) is 0 Å². The van der Waals surface area contributed by atoms with Crippen LogP contribution in [-0.2, 0) is 0 Å². The molecule has 0 atom stereocenters. The zero-order chi connectivity index (χ0) is 18.9. The van der Waals surface area contributed by atoms with Crippen LogP contribution in [0.4, 0.5) is 0 Å². The number of methoxy groups -OCH3 is 2. The van der Waals surface area contributed by atoms with Crippen molar-refractivity contribution < 1.29 is 9.47 Å². The van der Waals surface area contributed by atoms with Crippen molar-refractivity contribution in [1.82, 2.24) is 0 Å². The number of benzene rings is 2. The fraction of sp³-hybridized carbons (Fsp3) is 0.368. The minimum atomic E-state index is -1.46. The monoisotopic (exact) mass is 403 g/mol. The number of nitrogens with two attached hydrogens (primary N) is 1. The highest BCUT2D eigenvalue weighted by Crippen LogP contribution is 2.46. The molecule has 0 aliphatic heterocycles. The number of halogens is 3. The van der Waals surface area contributed by atoms with Gasteiger partial charge in [0.1, 0.15) is 11.5 Å². The third-order valence-corrected chi connectivity index (χ3v) is 4.17. The van der Waals surface area contributed by atoms with Crippen LogP contribution in [0.3, 0.4) is 0 Å². The Hall–Kier alpha value is -1.13. The van der Waals surface area contributed by atoms with E-state index in [0.717, 1.165) is 35.6 Å². The van der Waals surface area contributed by atoms with Crippen molar-refractivity contribution in [2.24, 2.45) is 5.73 Å². The van der Waals surface area contributed by atoms with E-state index in [1.807, 2.05) is 48.5 Å². The summed E-state index contributed by atoms with van der Waals surface area (Å²) in [6, 6.07) is 15.0. The number of alkyl halides is 3. The number of rotatable bonds is 5.